The Morgan fingerprint density at radius 3 is 2.79 bits per heavy atom. The molecule has 2 aromatic heterocycles. The first-order chi connectivity index (χ1) is 9.04. The molecule has 5 heteroatoms. The molecule has 0 spiro atoms. The van der Waals surface area contributed by atoms with Crippen LogP contribution in [-0.4, -0.2) is 9.78 Å². The lowest BCUT2D eigenvalue weighted by molar-refractivity contribution is 0.509. The van der Waals surface area contributed by atoms with Crippen LogP contribution in [0.2, 0.25) is 0 Å². The van der Waals surface area contributed by atoms with Crippen molar-refractivity contribution in [1.29, 1.82) is 0 Å². The van der Waals surface area contributed by atoms with Gasteiger partial charge in [0, 0.05) is 12.4 Å². The van der Waals surface area contributed by atoms with E-state index in [-0.39, 0.29) is 5.82 Å². The summed E-state index contributed by atoms with van der Waals surface area (Å²) in [4.78, 5) is 0. The third-order valence-corrected chi connectivity index (χ3v) is 3.16. The summed E-state index contributed by atoms with van der Waals surface area (Å²) in [7, 11) is 1.84. The highest BCUT2D eigenvalue weighted by Gasteiger charge is 2.18. The van der Waals surface area contributed by atoms with Gasteiger partial charge in [-0.1, -0.05) is 0 Å². The third-order valence-electron chi connectivity index (χ3n) is 3.16. The largest absolute Gasteiger partial charge is 0.459 e. The lowest BCUT2D eigenvalue weighted by Crippen LogP contribution is -2.15. The molecule has 1 atom stereocenters. The molecular weight excluding hydrogens is 245 g/mol. The van der Waals surface area contributed by atoms with Gasteiger partial charge in [-0.05, 0) is 37.3 Å². The van der Waals surface area contributed by atoms with Gasteiger partial charge in [0.2, 0.25) is 0 Å². The summed E-state index contributed by atoms with van der Waals surface area (Å²) in [6, 6.07) is 7.68. The number of aryl methyl sites for hydroxylation is 2. The van der Waals surface area contributed by atoms with Crippen molar-refractivity contribution in [1.82, 2.24) is 9.78 Å². The number of benzene rings is 1. The molecule has 0 fully saturated rings. The lowest BCUT2D eigenvalue weighted by Gasteiger charge is -2.08. The Hall–Kier alpha value is -2.14. The highest BCUT2D eigenvalue weighted by molar-refractivity contribution is 5.78. The fourth-order valence-corrected chi connectivity index (χ4v) is 2.26. The minimum Gasteiger partial charge on any atom is -0.459 e. The molecule has 4 nitrogen and oxygen atoms in total. The van der Waals surface area contributed by atoms with E-state index in [4.69, 9.17) is 10.2 Å². The minimum atomic E-state index is -0.415. The van der Waals surface area contributed by atoms with Gasteiger partial charge in [0.15, 0.2) is 0 Å². The number of fused-ring (bicyclic) bond motifs is 1. The topological polar surface area (TPSA) is 57.0 Å². The summed E-state index contributed by atoms with van der Waals surface area (Å²) in [5.41, 5.74) is 8.57. The predicted octanol–water partition coefficient (Wildman–Crippen LogP) is 2.66. The fourth-order valence-electron chi connectivity index (χ4n) is 2.26. The number of aromatic nitrogens is 2. The fraction of sp³-hybridized carbons (Fsp3) is 0.214. The van der Waals surface area contributed by atoms with Gasteiger partial charge in [-0.3, -0.25) is 4.68 Å². The van der Waals surface area contributed by atoms with E-state index >= 15 is 0 Å². The van der Waals surface area contributed by atoms with Crippen molar-refractivity contribution < 1.29 is 8.81 Å². The van der Waals surface area contributed by atoms with Gasteiger partial charge < -0.3 is 10.2 Å². The summed E-state index contributed by atoms with van der Waals surface area (Å²) < 4.78 is 20.6. The zero-order chi connectivity index (χ0) is 13.6. The molecule has 1 unspecified atom stereocenters. The van der Waals surface area contributed by atoms with Crippen LogP contribution in [0, 0.1) is 12.7 Å². The zero-order valence-corrected chi connectivity index (χ0v) is 10.7. The van der Waals surface area contributed by atoms with Gasteiger partial charge in [-0.25, -0.2) is 4.39 Å². The lowest BCUT2D eigenvalue weighted by atomic mass is 10.1. The van der Waals surface area contributed by atoms with Crippen molar-refractivity contribution in [3.63, 3.8) is 0 Å². The predicted molar refractivity (Wildman–Crippen MR) is 70.1 cm³/mol. The van der Waals surface area contributed by atoms with Crippen LogP contribution >= 0.6 is 0 Å². The maximum atomic E-state index is 13.2. The summed E-state index contributed by atoms with van der Waals surface area (Å²) in [6.45, 7) is 1.91. The van der Waals surface area contributed by atoms with E-state index in [0.29, 0.717) is 16.7 Å². The average Bonchev–Trinajstić information content (AvgIpc) is 2.91. The molecule has 0 aliphatic heterocycles. The van der Waals surface area contributed by atoms with Crippen LogP contribution in [0.15, 0.2) is 34.7 Å². The zero-order valence-electron chi connectivity index (χ0n) is 10.7. The Kier molecular flexibility index (Phi) is 2.64. The van der Waals surface area contributed by atoms with Crippen LogP contribution in [-0.2, 0) is 7.05 Å². The minimum absolute atomic E-state index is 0.287. The van der Waals surface area contributed by atoms with E-state index in [1.807, 2.05) is 20.0 Å². The van der Waals surface area contributed by atoms with Crippen molar-refractivity contribution in [2.24, 2.45) is 12.8 Å². The third kappa shape index (κ3) is 2.02. The van der Waals surface area contributed by atoms with E-state index in [0.717, 1.165) is 11.4 Å². The molecule has 0 radical (unpaired) electrons. The molecule has 3 aromatic rings. The first-order valence-electron chi connectivity index (χ1n) is 6.00. The second-order valence-electron chi connectivity index (χ2n) is 4.64. The monoisotopic (exact) mass is 259 g/mol. The van der Waals surface area contributed by atoms with Crippen LogP contribution in [0.1, 0.15) is 23.2 Å². The van der Waals surface area contributed by atoms with Gasteiger partial charge in [-0.2, -0.15) is 5.10 Å². The molecule has 0 amide bonds. The average molecular weight is 259 g/mol. The Morgan fingerprint density at radius 2 is 2.11 bits per heavy atom. The molecule has 1 aromatic carbocycles. The normalized spacial score (nSPS) is 13.1. The molecule has 3 rings (SSSR count). The summed E-state index contributed by atoms with van der Waals surface area (Å²) >= 11 is 0. The first kappa shape index (κ1) is 11.9. The molecule has 2 heterocycles. The van der Waals surface area contributed by atoms with Crippen LogP contribution in [0.25, 0.3) is 11.0 Å². The van der Waals surface area contributed by atoms with E-state index in [2.05, 4.69) is 5.10 Å². The smallest absolute Gasteiger partial charge is 0.134 e. The molecule has 0 bridgehead atoms. The van der Waals surface area contributed by atoms with E-state index in [1.165, 1.54) is 12.1 Å². The van der Waals surface area contributed by atoms with E-state index < -0.39 is 6.04 Å². The molecule has 2 N–H and O–H groups in total. The standard InChI is InChI=1S/C14H14FN3O/c1-8-5-11(18(2)17-8)14(16)13-7-9-6-10(15)3-4-12(9)19-13/h3-7,14H,16H2,1-2H3. The molecule has 98 valence electrons. The van der Waals surface area contributed by atoms with Crippen LogP contribution in [0.5, 0.6) is 0 Å². The highest BCUT2D eigenvalue weighted by atomic mass is 19.1. The summed E-state index contributed by atoms with van der Waals surface area (Å²) in [6.07, 6.45) is 0. The summed E-state index contributed by atoms with van der Waals surface area (Å²) in [5.74, 6) is 0.313. The van der Waals surface area contributed by atoms with Gasteiger partial charge in [0.1, 0.15) is 23.2 Å². The molecule has 19 heavy (non-hydrogen) atoms. The van der Waals surface area contributed by atoms with Crippen molar-refractivity contribution >= 4 is 11.0 Å². The highest BCUT2D eigenvalue weighted by Crippen LogP contribution is 2.27. The number of hydrogen-bond acceptors (Lipinski definition) is 3. The van der Waals surface area contributed by atoms with Crippen molar-refractivity contribution in [3.05, 3.63) is 53.3 Å². The molecule has 0 saturated heterocycles. The SMILES string of the molecule is Cc1cc(C(N)c2cc3cc(F)ccc3o2)n(C)n1. The van der Waals surface area contributed by atoms with Crippen LogP contribution in [0.3, 0.4) is 0 Å². The van der Waals surface area contributed by atoms with Gasteiger partial charge in [0.05, 0.1) is 11.4 Å². The van der Waals surface area contributed by atoms with Crippen LogP contribution in [0.4, 0.5) is 4.39 Å². The number of rotatable bonds is 2. The van der Waals surface area contributed by atoms with Crippen molar-refractivity contribution in [2.75, 3.05) is 0 Å². The maximum absolute atomic E-state index is 13.2. The number of halogens is 1. The molecule has 0 saturated carbocycles. The summed E-state index contributed by atoms with van der Waals surface area (Å²) in [5, 5.41) is 4.97. The van der Waals surface area contributed by atoms with Crippen molar-refractivity contribution in [2.45, 2.75) is 13.0 Å². The molecular formula is C14H14FN3O. The second-order valence-corrected chi connectivity index (χ2v) is 4.64. The molecule has 0 aliphatic rings. The quantitative estimate of drug-likeness (QED) is 0.769. The number of furan rings is 1. The Bertz CT molecular complexity index is 744. The Balaban J connectivity index is 2.06. The van der Waals surface area contributed by atoms with Crippen LogP contribution < -0.4 is 5.73 Å². The Labute approximate surface area is 109 Å². The second kappa shape index (κ2) is 4.20. The van der Waals surface area contributed by atoms with Gasteiger partial charge >= 0.3 is 0 Å². The maximum Gasteiger partial charge on any atom is 0.134 e. The van der Waals surface area contributed by atoms with Gasteiger partial charge in [-0.15, -0.1) is 0 Å². The Morgan fingerprint density at radius 1 is 1.32 bits per heavy atom. The van der Waals surface area contributed by atoms with E-state index in [9.17, 15) is 4.39 Å². The van der Waals surface area contributed by atoms with E-state index in [1.54, 1.807) is 16.8 Å². The van der Waals surface area contributed by atoms with Gasteiger partial charge in [0.25, 0.3) is 0 Å². The molecule has 0 aliphatic carbocycles. The van der Waals surface area contributed by atoms with Crippen molar-refractivity contribution in [3.8, 4) is 0 Å². The first-order valence-corrected chi connectivity index (χ1v) is 6.00. The number of nitrogens with two attached hydrogens (primary N) is 1. The number of hydrogen-bond donors (Lipinski definition) is 1. The number of nitrogens with zero attached hydrogens (tertiary/aromatic N) is 2.